The van der Waals surface area contributed by atoms with Crippen LogP contribution in [0.5, 0.6) is 5.75 Å². The lowest BCUT2D eigenvalue weighted by Gasteiger charge is -2.29. The van der Waals surface area contributed by atoms with E-state index in [1.165, 1.54) is 18.2 Å². The van der Waals surface area contributed by atoms with Crippen molar-refractivity contribution in [1.29, 1.82) is 0 Å². The summed E-state index contributed by atoms with van der Waals surface area (Å²) < 4.78 is 0. The molecule has 1 aromatic carbocycles. The molecule has 1 atom stereocenters. The molecule has 0 heterocycles. The molecule has 0 radical (unpaired) electrons. The zero-order valence-electron chi connectivity index (χ0n) is 10.5. The van der Waals surface area contributed by atoms with Crippen molar-refractivity contribution in [2.45, 2.75) is 32.2 Å². The third-order valence-electron chi connectivity index (χ3n) is 3.04. The summed E-state index contributed by atoms with van der Waals surface area (Å²) in [6.07, 6.45) is 1.65. The van der Waals surface area contributed by atoms with Crippen LogP contribution in [0.4, 0.5) is 0 Å². The number of benzene rings is 1. The first-order valence-electron chi connectivity index (χ1n) is 5.79. The van der Waals surface area contributed by atoms with Crippen LogP contribution in [0.15, 0.2) is 18.2 Å². The van der Waals surface area contributed by atoms with Gasteiger partial charge in [0.05, 0.1) is 10.6 Å². The summed E-state index contributed by atoms with van der Waals surface area (Å²) >= 11 is 9.34. The Balaban J connectivity index is 2.90. The Labute approximate surface area is 121 Å². The molecular formula is C13H17BrClNO2. The summed E-state index contributed by atoms with van der Waals surface area (Å²) in [6, 6.07) is 4.35. The first kappa shape index (κ1) is 15.3. The predicted molar refractivity (Wildman–Crippen MR) is 77.7 cm³/mol. The standard InChI is InChI=1S/C13H17BrClNO2/c1-3-13(2,6-7-14)16-12(18)10-8-9(17)4-5-11(10)15/h4-5,8,17H,3,6-7H2,1-2H3,(H,16,18). The zero-order chi connectivity index (χ0) is 13.8. The number of carbonyl (C=O) groups excluding carboxylic acids is 1. The van der Waals surface area contributed by atoms with Crippen molar-refractivity contribution in [3.05, 3.63) is 28.8 Å². The zero-order valence-corrected chi connectivity index (χ0v) is 12.8. The van der Waals surface area contributed by atoms with Gasteiger partial charge in [-0.25, -0.2) is 0 Å². The van der Waals surface area contributed by atoms with Gasteiger partial charge in [-0.05, 0) is 38.0 Å². The molecular weight excluding hydrogens is 318 g/mol. The summed E-state index contributed by atoms with van der Waals surface area (Å²) in [7, 11) is 0. The van der Waals surface area contributed by atoms with Gasteiger partial charge in [-0.1, -0.05) is 34.5 Å². The van der Waals surface area contributed by atoms with E-state index in [1.54, 1.807) is 0 Å². The van der Waals surface area contributed by atoms with Crippen molar-refractivity contribution >= 4 is 33.4 Å². The lowest BCUT2D eigenvalue weighted by Crippen LogP contribution is -2.45. The van der Waals surface area contributed by atoms with Crippen LogP contribution in [0.2, 0.25) is 5.02 Å². The Hall–Kier alpha value is -0.740. The molecule has 0 aliphatic heterocycles. The van der Waals surface area contributed by atoms with Gasteiger partial charge in [0.25, 0.3) is 5.91 Å². The Morgan fingerprint density at radius 3 is 2.78 bits per heavy atom. The second-order valence-electron chi connectivity index (χ2n) is 4.47. The fraction of sp³-hybridized carbons (Fsp3) is 0.462. The van der Waals surface area contributed by atoms with Crippen LogP contribution < -0.4 is 5.32 Å². The maximum atomic E-state index is 12.1. The summed E-state index contributed by atoms with van der Waals surface area (Å²) in [5.74, 6) is -0.232. The van der Waals surface area contributed by atoms with Crippen LogP contribution in [-0.4, -0.2) is 21.9 Å². The number of aromatic hydroxyl groups is 1. The fourth-order valence-corrected chi connectivity index (χ4v) is 2.64. The lowest BCUT2D eigenvalue weighted by molar-refractivity contribution is 0.0901. The number of hydrogen-bond acceptors (Lipinski definition) is 2. The number of phenolic OH excluding ortho intramolecular Hbond substituents is 1. The van der Waals surface area contributed by atoms with Gasteiger partial charge in [0.15, 0.2) is 0 Å². The van der Waals surface area contributed by atoms with Crippen LogP contribution in [0.1, 0.15) is 37.0 Å². The first-order valence-corrected chi connectivity index (χ1v) is 7.29. The molecule has 0 aromatic heterocycles. The van der Waals surface area contributed by atoms with Crippen molar-refractivity contribution in [1.82, 2.24) is 5.32 Å². The van der Waals surface area contributed by atoms with Gasteiger partial charge in [-0.15, -0.1) is 0 Å². The van der Waals surface area contributed by atoms with E-state index >= 15 is 0 Å². The van der Waals surface area contributed by atoms with Crippen molar-refractivity contribution < 1.29 is 9.90 Å². The van der Waals surface area contributed by atoms with Crippen LogP contribution in [0.25, 0.3) is 0 Å². The average Bonchev–Trinajstić information content (AvgIpc) is 2.32. The van der Waals surface area contributed by atoms with Crippen LogP contribution in [-0.2, 0) is 0 Å². The van der Waals surface area contributed by atoms with Crippen LogP contribution >= 0.6 is 27.5 Å². The lowest BCUT2D eigenvalue weighted by atomic mass is 9.95. The van der Waals surface area contributed by atoms with Gasteiger partial charge < -0.3 is 10.4 Å². The molecule has 0 spiro atoms. The molecule has 0 bridgehead atoms. The van der Waals surface area contributed by atoms with Crippen molar-refractivity contribution in [3.8, 4) is 5.75 Å². The van der Waals surface area contributed by atoms with Crippen molar-refractivity contribution in [2.24, 2.45) is 0 Å². The number of amides is 1. The summed E-state index contributed by atoms with van der Waals surface area (Å²) in [4.78, 5) is 12.1. The molecule has 1 aromatic rings. The summed E-state index contributed by atoms with van der Waals surface area (Å²) in [5, 5.41) is 13.5. The molecule has 1 amide bonds. The normalized spacial score (nSPS) is 14.0. The molecule has 100 valence electrons. The van der Waals surface area contributed by atoms with Crippen molar-refractivity contribution in [2.75, 3.05) is 5.33 Å². The molecule has 0 saturated carbocycles. The molecule has 1 unspecified atom stereocenters. The van der Waals surface area contributed by atoms with Gasteiger partial charge >= 0.3 is 0 Å². The topological polar surface area (TPSA) is 49.3 Å². The summed E-state index contributed by atoms with van der Waals surface area (Å²) in [5.41, 5.74) is 0.0148. The highest BCUT2D eigenvalue weighted by Gasteiger charge is 2.25. The Morgan fingerprint density at radius 2 is 2.22 bits per heavy atom. The van der Waals surface area contributed by atoms with E-state index < -0.39 is 0 Å². The second-order valence-corrected chi connectivity index (χ2v) is 5.67. The predicted octanol–water partition coefficient (Wildman–Crippen LogP) is 3.73. The Bertz CT molecular complexity index is 439. The van der Waals surface area contributed by atoms with Crippen LogP contribution in [0, 0.1) is 0 Å². The van der Waals surface area contributed by atoms with Gasteiger partial charge in [-0.3, -0.25) is 4.79 Å². The van der Waals surface area contributed by atoms with Gasteiger partial charge in [0, 0.05) is 10.9 Å². The molecule has 5 heteroatoms. The average molecular weight is 335 g/mol. The molecule has 18 heavy (non-hydrogen) atoms. The highest BCUT2D eigenvalue weighted by Crippen LogP contribution is 2.23. The monoisotopic (exact) mass is 333 g/mol. The molecule has 0 aliphatic carbocycles. The van der Waals surface area contributed by atoms with Crippen molar-refractivity contribution in [3.63, 3.8) is 0 Å². The quantitative estimate of drug-likeness (QED) is 0.806. The Kier molecular flexibility index (Phi) is 5.47. The van der Waals surface area contributed by atoms with Gasteiger partial charge in [0.1, 0.15) is 5.75 Å². The Morgan fingerprint density at radius 1 is 1.56 bits per heavy atom. The number of phenols is 1. The second kappa shape index (κ2) is 6.43. The molecule has 0 aliphatic rings. The van der Waals surface area contributed by atoms with E-state index in [9.17, 15) is 9.90 Å². The smallest absolute Gasteiger partial charge is 0.253 e. The van der Waals surface area contributed by atoms with E-state index in [0.29, 0.717) is 10.6 Å². The van der Waals surface area contributed by atoms with E-state index in [-0.39, 0.29) is 17.2 Å². The molecule has 1 rings (SSSR count). The minimum absolute atomic E-state index is 0.0308. The third kappa shape index (κ3) is 3.89. The minimum Gasteiger partial charge on any atom is -0.508 e. The fourth-order valence-electron chi connectivity index (χ4n) is 1.56. The first-order chi connectivity index (χ1) is 8.41. The largest absolute Gasteiger partial charge is 0.508 e. The number of hydrogen-bond donors (Lipinski definition) is 2. The number of nitrogens with one attached hydrogen (secondary N) is 1. The number of rotatable bonds is 5. The minimum atomic E-state index is -0.282. The van der Waals surface area contributed by atoms with E-state index in [1.807, 2.05) is 13.8 Å². The van der Waals surface area contributed by atoms with Crippen LogP contribution in [0.3, 0.4) is 0 Å². The summed E-state index contributed by atoms with van der Waals surface area (Å²) in [6.45, 7) is 4.01. The highest BCUT2D eigenvalue weighted by molar-refractivity contribution is 9.09. The SMILES string of the molecule is CCC(C)(CCBr)NC(=O)c1cc(O)ccc1Cl. The molecule has 2 N–H and O–H groups in total. The number of halogens is 2. The van der Waals surface area contributed by atoms with Gasteiger partial charge in [-0.2, -0.15) is 0 Å². The maximum Gasteiger partial charge on any atom is 0.253 e. The van der Waals surface area contributed by atoms with E-state index in [4.69, 9.17) is 11.6 Å². The van der Waals surface area contributed by atoms with E-state index in [2.05, 4.69) is 21.2 Å². The van der Waals surface area contributed by atoms with E-state index in [0.717, 1.165) is 18.2 Å². The molecule has 0 fully saturated rings. The third-order valence-corrected chi connectivity index (χ3v) is 3.76. The van der Waals surface area contributed by atoms with Gasteiger partial charge in [0.2, 0.25) is 0 Å². The number of alkyl halides is 1. The maximum absolute atomic E-state index is 12.1. The molecule has 3 nitrogen and oxygen atoms in total. The highest BCUT2D eigenvalue weighted by atomic mass is 79.9. The number of carbonyl (C=O) groups is 1. The molecule has 0 saturated heterocycles.